The predicted octanol–water partition coefficient (Wildman–Crippen LogP) is 1.11. The number of nitrogens with one attached hydrogen (secondary N) is 1. The number of amides is 1. The molecule has 0 heterocycles. The van der Waals surface area contributed by atoms with Crippen molar-refractivity contribution >= 4 is 28.2 Å². The van der Waals surface area contributed by atoms with Crippen LogP contribution in [-0.2, 0) is 14.6 Å². The Labute approximate surface area is 123 Å². The van der Waals surface area contributed by atoms with Crippen molar-refractivity contribution in [2.45, 2.75) is 46.1 Å². The maximum absolute atomic E-state index is 11.6. The van der Waals surface area contributed by atoms with E-state index >= 15 is 0 Å². The highest BCUT2D eigenvalue weighted by Gasteiger charge is 2.19. The average molecular weight is 315 g/mol. The van der Waals surface area contributed by atoms with Gasteiger partial charge >= 0.3 is 0 Å². The Balaban J connectivity index is 0. The van der Waals surface area contributed by atoms with Crippen LogP contribution in [-0.4, -0.2) is 38.4 Å². The van der Waals surface area contributed by atoms with Crippen molar-refractivity contribution in [1.29, 1.82) is 0 Å². The van der Waals surface area contributed by atoms with Crippen molar-refractivity contribution in [2.24, 2.45) is 11.7 Å². The molecule has 7 heteroatoms. The molecule has 0 aliphatic rings. The lowest BCUT2D eigenvalue weighted by atomic mass is 10.1. The van der Waals surface area contributed by atoms with Crippen LogP contribution in [0.25, 0.3) is 0 Å². The third-order valence-corrected chi connectivity index (χ3v) is 4.37. The molecule has 1 atom stereocenters. The molecule has 0 aromatic rings. The summed E-state index contributed by atoms with van der Waals surface area (Å²) < 4.78 is 23.3. The summed E-state index contributed by atoms with van der Waals surface area (Å²) in [4.78, 5) is 11.6. The fourth-order valence-electron chi connectivity index (χ4n) is 1.74. The van der Waals surface area contributed by atoms with E-state index in [0.717, 1.165) is 19.3 Å². The number of hydrogen-bond donors (Lipinski definition) is 2. The van der Waals surface area contributed by atoms with E-state index in [9.17, 15) is 13.2 Å². The molecule has 1 unspecified atom stereocenters. The van der Waals surface area contributed by atoms with Crippen LogP contribution in [0.2, 0.25) is 0 Å². The minimum absolute atomic E-state index is 0. The van der Waals surface area contributed by atoms with Crippen LogP contribution in [0.15, 0.2) is 0 Å². The summed E-state index contributed by atoms with van der Waals surface area (Å²) in [5, 5.41) is 2.69. The highest BCUT2D eigenvalue weighted by atomic mass is 35.5. The Morgan fingerprint density at radius 1 is 1.32 bits per heavy atom. The highest BCUT2D eigenvalue weighted by Crippen LogP contribution is 2.02. The highest BCUT2D eigenvalue weighted by molar-refractivity contribution is 7.92. The monoisotopic (exact) mass is 314 g/mol. The second-order valence-electron chi connectivity index (χ2n) is 5.09. The predicted molar refractivity (Wildman–Crippen MR) is 81.2 cm³/mol. The van der Waals surface area contributed by atoms with Crippen LogP contribution in [0, 0.1) is 5.92 Å². The van der Waals surface area contributed by atoms with E-state index < -0.39 is 21.5 Å². The molecule has 0 rings (SSSR count). The zero-order valence-electron chi connectivity index (χ0n) is 12.0. The Kier molecular flexibility index (Phi) is 11.5. The molecule has 0 bridgehead atoms. The molecule has 0 radical (unpaired) electrons. The Hall–Kier alpha value is -0.330. The smallest absolute Gasteiger partial charge is 0.235 e. The van der Waals surface area contributed by atoms with E-state index in [1.807, 2.05) is 13.8 Å². The third-order valence-electron chi connectivity index (χ3n) is 2.49. The molecular formula is C12H27ClN2O3S. The molecule has 0 fully saturated rings. The lowest BCUT2D eigenvalue weighted by Crippen LogP contribution is -2.43. The summed E-state index contributed by atoms with van der Waals surface area (Å²) >= 11 is 0. The van der Waals surface area contributed by atoms with Gasteiger partial charge in [-0.3, -0.25) is 4.79 Å². The van der Waals surface area contributed by atoms with Gasteiger partial charge in [-0.2, -0.15) is 0 Å². The van der Waals surface area contributed by atoms with E-state index in [-0.39, 0.29) is 30.1 Å². The van der Waals surface area contributed by atoms with Crippen molar-refractivity contribution in [3.05, 3.63) is 0 Å². The topological polar surface area (TPSA) is 89.3 Å². The van der Waals surface area contributed by atoms with Gasteiger partial charge in [-0.05, 0) is 12.3 Å². The van der Waals surface area contributed by atoms with Gasteiger partial charge in [0, 0.05) is 12.6 Å². The molecule has 3 N–H and O–H groups in total. The summed E-state index contributed by atoms with van der Waals surface area (Å²) in [5.41, 5.74) is 5.54. The summed E-state index contributed by atoms with van der Waals surface area (Å²) in [7, 11) is -3.31. The van der Waals surface area contributed by atoms with E-state index in [1.165, 1.54) is 0 Å². The zero-order chi connectivity index (χ0) is 14.2. The molecular weight excluding hydrogens is 288 g/mol. The van der Waals surface area contributed by atoms with E-state index in [1.54, 1.807) is 0 Å². The summed E-state index contributed by atoms with van der Waals surface area (Å²) in [5.74, 6) is -0.799. The van der Waals surface area contributed by atoms with Crippen LogP contribution < -0.4 is 11.1 Å². The normalized spacial score (nSPS) is 12.9. The molecule has 19 heavy (non-hydrogen) atoms. The number of nitrogens with two attached hydrogens (primary N) is 1. The van der Waals surface area contributed by atoms with Gasteiger partial charge in [0.2, 0.25) is 5.91 Å². The molecule has 0 aliphatic carbocycles. The molecule has 0 aliphatic heterocycles. The zero-order valence-corrected chi connectivity index (χ0v) is 13.6. The standard InChI is InChI=1S/C12H26N2O3S.ClH/c1-4-5-6-11(7-13)14-12(15)9-18(16,17)8-10(2)3;/h10-11H,4-9,13H2,1-3H3,(H,14,15);1H. The number of hydrogen-bond acceptors (Lipinski definition) is 4. The summed E-state index contributed by atoms with van der Waals surface area (Å²) in [6, 6.07) is -0.119. The van der Waals surface area contributed by atoms with Crippen LogP contribution in [0.4, 0.5) is 0 Å². The van der Waals surface area contributed by atoms with E-state index in [0.29, 0.717) is 6.54 Å². The molecule has 0 saturated carbocycles. The lowest BCUT2D eigenvalue weighted by molar-refractivity contribution is -0.119. The number of carbonyl (C=O) groups excluding carboxylic acids is 1. The SMILES string of the molecule is CCCCC(CN)NC(=O)CS(=O)(=O)CC(C)C.Cl. The second kappa shape index (κ2) is 10.5. The third kappa shape index (κ3) is 11.2. The molecule has 5 nitrogen and oxygen atoms in total. The molecule has 0 spiro atoms. The number of unbranched alkanes of at least 4 members (excludes halogenated alkanes) is 1. The van der Waals surface area contributed by atoms with Crippen LogP contribution in [0.3, 0.4) is 0 Å². The first-order valence-corrected chi connectivity index (χ1v) is 8.32. The number of rotatable bonds is 9. The number of sulfone groups is 1. The van der Waals surface area contributed by atoms with Gasteiger partial charge in [0.15, 0.2) is 9.84 Å². The van der Waals surface area contributed by atoms with Gasteiger partial charge in [0.05, 0.1) is 5.75 Å². The minimum Gasteiger partial charge on any atom is -0.351 e. The van der Waals surface area contributed by atoms with Gasteiger partial charge in [0.25, 0.3) is 0 Å². The fourth-order valence-corrected chi connectivity index (χ4v) is 3.35. The first-order valence-electron chi connectivity index (χ1n) is 6.50. The van der Waals surface area contributed by atoms with Crippen molar-refractivity contribution in [1.82, 2.24) is 5.32 Å². The molecule has 116 valence electrons. The molecule has 0 saturated heterocycles. The maximum Gasteiger partial charge on any atom is 0.235 e. The first kappa shape index (κ1) is 21.0. The number of carbonyl (C=O) groups is 1. The fraction of sp³-hybridized carbons (Fsp3) is 0.917. The summed E-state index contributed by atoms with van der Waals surface area (Å²) in [6.45, 7) is 6.04. The van der Waals surface area contributed by atoms with Gasteiger partial charge in [-0.25, -0.2) is 8.42 Å². The van der Waals surface area contributed by atoms with Gasteiger partial charge in [-0.15, -0.1) is 12.4 Å². The van der Waals surface area contributed by atoms with Crippen molar-refractivity contribution in [3.8, 4) is 0 Å². The second-order valence-corrected chi connectivity index (χ2v) is 7.20. The number of halogens is 1. The Bertz CT molecular complexity index is 345. The van der Waals surface area contributed by atoms with Gasteiger partial charge in [0.1, 0.15) is 5.75 Å². The Morgan fingerprint density at radius 3 is 2.32 bits per heavy atom. The lowest BCUT2D eigenvalue weighted by Gasteiger charge is -2.16. The van der Waals surface area contributed by atoms with E-state index in [2.05, 4.69) is 12.2 Å². The van der Waals surface area contributed by atoms with Crippen LogP contribution in [0.1, 0.15) is 40.0 Å². The molecule has 0 aromatic carbocycles. The van der Waals surface area contributed by atoms with Crippen LogP contribution in [0.5, 0.6) is 0 Å². The summed E-state index contributed by atoms with van der Waals surface area (Å²) in [6.07, 6.45) is 2.79. The maximum atomic E-state index is 11.6. The van der Waals surface area contributed by atoms with Crippen molar-refractivity contribution in [3.63, 3.8) is 0 Å². The largest absolute Gasteiger partial charge is 0.351 e. The van der Waals surface area contributed by atoms with Crippen LogP contribution >= 0.6 is 12.4 Å². The average Bonchev–Trinajstić information content (AvgIpc) is 2.21. The quantitative estimate of drug-likeness (QED) is 0.667. The minimum atomic E-state index is -3.31. The molecule has 1 amide bonds. The first-order chi connectivity index (χ1) is 8.30. The Morgan fingerprint density at radius 2 is 1.89 bits per heavy atom. The van der Waals surface area contributed by atoms with Gasteiger partial charge < -0.3 is 11.1 Å². The van der Waals surface area contributed by atoms with E-state index in [4.69, 9.17) is 5.73 Å². The van der Waals surface area contributed by atoms with Gasteiger partial charge in [-0.1, -0.05) is 33.6 Å². The van der Waals surface area contributed by atoms with Crippen molar-refractivity contribution in [2.75, 3.05) is 18.1 Å². The molecule has 0 aromatic heterocycles. The van der Waals surface area contributed by atoms with Crippen molar-refractivity contribution < 1.29 is 13.2 Å².